The minimum Gasteiger partial charge on any atom is -0.477 e. The van der Waals surface area contributed by atoms with Gasteiger partial charge in [-0.25, -0.2) is 4.79 Å². The summed E-state index contributed by atoms with van der Waals surface area (Å²) < 4.78 is 6.38. The van der Waals surface area contributed by atoms with Crippen molar-refractivity contribution in [1.82, 2.24) is 20.0 Å². The first kappa shape index (κ1) is 19.0. The summed E-state index contributed by atoms with van der Waals surface area (Å²) >= 11 is 1.31. The lowest BCUT2D eigenvalue weighted by Crippen LogP contribution is -2.70. The number of hydrogen-bond acceptors (Lipinski definition) is 7. The molecule has 0 saturated carbocycles. The maximum Gasteiger partial charge on any atom is 0.352 e. The van der Waals surface area contributed by atoms with Crippen molar-refractivity contribution in [2.45, 2.75) is 25.3 Å². The summed E-state index contributed by atoms with van der Waals surface area (Å²) in [6, 6.07) is -0.827. The molecule has 1 aromatic heterocycles. The molecule has 3 heterocycles. The number of thioether (sulfide) groups is 1. The SMILES string of the molecule is CC(=O)OCC1=C(C(=O)O)N2C(=O)[C@H](NC(=O)c3cn(C)nc3C)[C@H]2SC1. The molecular formula is C16H18N4O6S. The normalized spacial score (nSPS) is 21.4. The minimum absolute atomic E-state index is 0.187. The lowest BCUT2D eigenvalue weighted by Gasteiger charge is -2.49. The van der Waals surface area contributed by atoms with E-state index in [0.717, 1.165) is 4.90 Å². The first-order chi connectivity index (χ1) is 12.7. The molecule has 0 aliphatic carbocycles. The third-order valence-corrected chi connectivity index (χ3v) is 5.58. The smallest absolute Gasteiger partial charge is 0.352 e. The molecule has 144 valence electrons. The Labute approximate surface area is 158 Å². The van der Waals surface area contributed by atoms with Crippen LogP contribution in [0, 0.1) is 6.92 Å². The lowest BCUT2D eigenvalue weighted by atomic mass is 10.0. The van der Waals surface area contributed by atoms with Crippen molar-refractivity contribution in [1.29, 1.82) is 0 Å². The number of carboxylic acids is 1. The summed E-state index contributed by atoms with van der Waals surface area (Å²) in [5, 5.41) is 15.7. The van der Waals surface area contributed by atoms with E-state index in [4.69, 9.17) is 4.74 Å². The van der Waals surface area contributed by atoms with E-state index in [1.165, 1.54) is 23.4 Å². The molecule has 2 aliphatic heterocycles. The Morgan fingerprint density at radius 2 is 2.15 bits per heavy atom. The van der Waals surface area contributed by atoms with Crippen LogP contribution in [0.2, 0.25) is 0 Å². The number of amides is 2. The largest absolute Gasteiger partial charge is 0.477 e. The van der Waals surface area contributed by atoms with Gasteiger partial charge in [0.2, 0.25) is 0 Å². The van der Waals surface area contributed by atoms with E-state index in [9.17, 15) is 24.3 Å². The summed E-state index contributed by atoms with van der Waals surface area (Å²) in [5.74, 6) is -2.48. The standard InChI is InChI=1S/C16H18N4O6S/c1-7-10(4-19(3)18-7)13(22)17-11-14(23)20-12(16(24)25)9(5-26-8(2)21)6-27-15(11)20/h4,11,15H,5-6H2,1-3H3,(H,17,22)(H,24,25)/t11-,15+/m0/s1. The number of rotatable bonds is 5. The molecule has 10 nitrogen and oxygen atoms in total. The molecule has 0 bridgehead atoms. The molecule has 11 heteroatoms. The van der Waals surface area contributed by atoms with Gasteiger partial charge in [0.1, 0.15) is 23.7 Å². The van der Waals surface area contributed by atoms with Crippen molar-refractivity contribution in [3.63, 3.8) is 0 Å². The number of carboxylic acid groups (broad SMARTS) is 1. The maximum atomic E-state index is 12.5. The van der Waals surface area contributed by atoms with Gasteiger partial charge in [0.05, 0.1) is 11.3 Å². The van der Waals surface area contributed by atoms with Crippen LogP contribution < -0.4 is 5.32 Å². The topological polar surface area (TPSA) is 131 Å². The molecular weight excluding hydrogens is 376 g/mol. The third kappa shape index (κ3) is 3.42. The summed E-state index contributed by atoms with van der Waals surface area (Å²) in [7, 11) is 1.69. The molecule has 2 aliphatic rings. The number of hydrogen-bond donors (Lipinski definition) is 2. The molecule has 0 spiro atoms. The number of nitrogens with zero attached hydrogens (tertiary/aromatic N) is 3. The van der Waals surface area contributed by atoms with Crippen molar-refractivity contribution in [3.05, 3.63) is 28.7 Å². The monoisotopic (exact) mass is 394 g/mol. The number of aromatic nitrogens is 2. The second-order valence-corrected chi connectivity index (χ2v) is 7.31. The van der Waals surface area contributed by atoms with Crippen LogP contribution in [-0.2, 0) is 26.2 Å². The summed E-state index contributed by atoms with van der Waals surface area (Å²) in [6.07, 6.45) is 1.55. The molecule has 1 fully saturated rings. The van der Waals surface area contributed by atoms with Gasteiger partial charge in [-0.2, -0.15) is 5.10 Å². The van der Waals surface area contributed by atoms with Gasteiger partial charge in [-0.3, -0.25) is 24.0 Å². The predicted octanol–water partition coefficient (Wildman–Crippen LogP) is -0.356. The summed E-state index contributed by atoms with van der Waals surface area (Å²) in [5.41, 5.74) is 1.05. The molecule has 0 radical (unpaired) electrons. The first-order valence-corrected chi connectivity index (χ1v) is 9.10. The zero-order chi connectivity index (χ0) is 19.9. The quantitative estimate of drug-likeness (QED) is 0.512. The average molecular weight is 394 g/mol. The molecule has 0 unspecified atom stereocenters. The number of fused-ring (bicyclic) bond motifs is 1. The Hall–Kier alpha value is -2.82. The number of aliphatic carboxylic acids is 1. The highest BCUT2D eigenvalue weighted by molar-refractivity contribution is 8.00. The maximum absolute atomic E-state index is 12.5. The fourth-order valence-corrected chi connectivity index (χ4v) is 4.35. The Bertz CT molecular complexity index is 876. The number of ether oxygens (including phenoxy) is 1. The Morgan fingerprint density at radius 3 is 2.70 bits per heavy atom. The van der Waals surface area contributed by atoms with Gasteiger partial charge in [0.25, 0.3) is 11.8 Å². The number of esters is 1. The zero-order valence-corrected chi connectivity index (χ0v) is 15.7. The van der Waals surface area contributed by atoms with Crippen LogP contribution in [0.4, 0.5) is 0 Å². The van der Waals surface area contributed by atoms with E-state index >= 15 is 0 Å². The Kier molecular flexibility index (Phi) is 4.96. The van der Waals surface area contributed by atoms with Crippen LogP contribution in [0.5, 0.6) is 0 Å². The molecule has 2 amide bonds. The molecule has 2 N–H and O–H groups in total. The fraction of sp³-hybridized carbons (Fsp3) is 0.438. The van der Waals surface area contributed by atoms with Crippen molar-refractivity contribution in [2.24, 2.45) is 7.05 Å². The van der Waals surface area contributed by atoms with Crippen LogP contribution >= 0.6 is 11.8 Å². The zero-order valence-electron chi connectivity index (χ0n) is 14.9. The van der Waals surface area contributed by atoms with E-state index < -0.39 is 35.2 Å². The van der Waals surface area contributed by atoms with Gasteiger partial charge in [0, 0.05) is 31.5 Å². The Balaban J connectivity index is 1.77. The van der Waals surface area contributed by atoms with Crippen LogP contribution in [0.25, 0.3) is 0 Å². The van der Waals surface area contributed by atoms with Gasteiger partial charge in [-0.05, 0) is 6.92 Å². The molecule has 0 aromatic carbocycles. The van der Waals surface area contributed by atoms with E-state index in [1.54, 1.807) is 20.2 Å². The first-order valence-electron chi connectivity index (χ1n) is 8.05. The third-order valence-electron chi connectivity index (χ3n) is 4.24. The van der Waals surface area contributed by atoms with E-state index in [2.05, 4.69) is 10.4 Å². The van der Waals surface area contributed by atoms with Crippen molar-refractivity contribution >= 4 is 35.5 Å². The van der Waals surface area contributed by atoms with E-state index in [1.807, 2.05) is 0 Å². The second-order valence-electron chi connectivity index (χ2n) is 6.20. The number of carbonyl (C=O) groups is 4. The van der Waals surface area contributed by atoms with Gasteiger partial charge < -0.3 is 15.2 Å². The van der Waals surface area contributed by atoms with Crippen molar-refractivity contribution in [2.75, 3.05) is 12.4 Å². The fourth-order valence-electron chi connectivity index (χ4n) is 3.02. The minimum atomic E-state index is -1.27. The van der Waals surface area contributed by atoms with Gasteiger partial charge in [-0.1, -0.05) is 0 Å². The molecule has 3 rings (SSSR count). The van der Waals surface area contributed by atoms with Crippen LogP contribution in [0.15, 0.2) is 17.5 Å². The summed E-state index contributed by atoms with van der Waals surface area (Å²) in [4.78, 5) is 48.7. The second kappa shape index (κ2) is 7.06. The van der Waals surface area contributed by atoms with Crippen LogP contribution in [-0.4, -0.2) is 67.3 Å². The van der Waals surface area contributed by atoms with Gasteiger partial charge in [0.15, 0.2) is 0 Å². The Morgan fingerprint density at radius 1 is 1.44 bits per heavy atom. The molecule has 2 atom stereocenters. The molecule has 27 heavy (non-hydrogen) atoms. The number of carbonyl (C=O) groups excluding carboxylic acids is 3. The average Bonchev–Trinajstić information content (AvgIpc) is 2.94. The highest BCUT2D eigenvalue weighted by atomic mass is 32.2. The van der Waals surface area contributed by atoms with Gasteiger partial charge in [-0.15, -0.1) is 11.8 Å². The highest BCUT2D eigenvalue weighted by Gasteiger charge is 2.54. The van der Waals surface area contributed by atoms with Crippen LogP contribution in [0.3, 0.4) is 0 Å². The predicted molar refractivity (Wildman–Crippen MR) is 93.6 cm³/mol. The number of nitrogens with one attached hydrogen (secondary N) is 1. The number of β-lactam (4-membered cyclic amide) rings is 1. The summed E-state index contributed by atoms with van der Waals surface area (Å²) in [6.45, 7) is 2.72. The van der Waals surface area contributed by atoms with Crippen molar-refractivity contribution < 1.29 is 29.0 Å². The van der Waals surface area contributed by atoms with Crippen LogP contribution in [0.1, 0.15) is 23.0 Å². The number of aryl methyl sites for hydroxylation is 2. The molecule has 1 saturated heterocycles. The van der Waals surface area contributed by atoms with Crippen molar-refractivity contribution in [3.8, 4) is 0 Å². The highest BCUT2D eigenvalue weighted by Crippen LogP contribution is 2.40. The lowest BCUT2D eigenvalue weighted by molar-refractivity contribution is -0.149. The van der Waals surface area contributed by atoms with E-state index in [-0.39, 0.29) is 18.1 Å². The van der Waals surface area contributed by atoms with Gasteiger partial charge >= 0.3 is 11.9 Å². The molecule has 1 aromatic rings. The van der Waals surface area contributed by atoms with E-state index in [0.29, 0.717) is 16.8 Å².